The van der Waals surface area contributed by atoms with Crippen molar-refractivity contribution in [2.75, 3.05) is 109 Å². The lowest BCUT2D eigenvalue weighted by Crippen LogP contribution is -2.49. The van der Waals surface area contributed by atoms with Gasteiger partial charge in [-0.25, -0.2) is 23.1 Å². The number of hydrogen-bond acceptors (Lipinski definition) is 10. The van der Waals surface area contributed by atoms with Gasteiger partial charge in [-0.15, -0.1) is 0 Å². The highest BCUT2D eigenvalue weighted by molar-refractivity contribution is 6.31. The van der Waals surface area contributed by atoms with E-state index in [2.05, 4.69) is 35.3 Å². The Labute approximate surface area is 384 Å². The number of amides is 4. The van der Waals surface area contributed by atoms with Crippen molar-refractivity contribution >= 4 is 46.9 Å². The molecule has 0 spiro atoms. The first-order chi connectivity index (χ1) is 31.3. The normalized spacial score (nSPS) is 13.9. The summed E-state index contributed by atoms with van der Waals surface area (Å²) in [5.74, 6) is -1.18. The number of pyridine rings is 2. The summed E-state index contributed by atoms with van der Waals surface area (Å²) in [5, 5.41) is 6.01. The molecule has 2 N–H and O–H groups in total. The van der Waals surface area contributed by atoms with E-state index in [1.54, 1.807) is 40.4 Å². The Kier molecular flexibility index (Phi) is 19.8. The molecule has 4 aromatic rings. The minimum absolute atomic E-state index is 0.00590. The van der Waals surface area contributed by atoms with Crippen LogP contribution in [0.4, 0.5) is 24.8 Å². The summed E-state index contributed by atoms with van der Waals surface area (Å²) in [6.07, 6.45) is 5.35. The fourth-order valence-corrected chi connectivity index (χ4v) is 7.41. The number of ether oxygens (including phenoxy) is 1. The summed E-state index contributed by atoms with van der Waals surface area (Å²) in [6.45, 7) is 9.93. The number of aryl methyl sites for hydroxylation is 1. The van der Waals surface area contributed by atoms with Gasteiger partial charge in [0.25, 0.3) is 11.8 Å². The highest BCUT2D eigenvalue weighted by Crippen LogP contribution is 2.22. The molecule has 0 radical (unpaired) electrons. The van der Waals surface area contributed by atoms with Crippen molar-refractivity contribution in [3.8, 4) is 0 Å². The van der Waals surface area contributed by atoms with Crippen molar-refractivity contribution < 1.29 is 37.1 Å². The molecule has 4 amide bonds. The summed E-state index contributed by atoms with van der Waals surface area (Å²) in [7, 11) is 3.99. The summed E-state index contributed by atoms with van der Waals surface area (Å²) in [4.78, 5) is 68.1. The fraction of sp³-hybridized carbons (Fsp3) is 0.447. The van der Waals surface area contributed by atoms with Crippen LogP contribution in [0.15, 0.2) is 73.1 Å². The molecular weight excluding hydrogens is 863 g/mol. The molecule has 18 heteroatoms. The number of carbonyl (C=O) groups is 4. The maximum atomic E-state index is 14.0. The van der Waals surface area contributed by atoms with Crippen LogP contribution in [0.3, 0.4) is 0 Å². The minimum atomic E-state index is -0.895. The topological polar surface area (TPSA) is 144 Å². The van der Waals surface area contributed by atoms with E-state index in [0.29, 0.717) is 102 Å². The van der Waals surface area contributed by atoms with Crippen molar-refractivity contribution in [2.45, 2.75) is 39.0 Å². The first-order valence-corrected chi connectivity index (χ1v) is 22.3. The summed E-state index contributed by atoms with van der Waals surface area (Å²) < 4.78 is 45.6. The number of nitrogens with zero attached hydrogens (tertiary/aromatic N) is 7. The molecule has 0 saturated carbocycles. The maximum absolute atomic E-state index is 14.0. The van der Waals surface area contributed by atoms with Gasteiger partial charge >= 0.3 is 0 Å². The Morgan fingerprint density at radius 3 is 1.78 bits per heavy atom. The Balaban J connectivity index is 0.000000244. The molecule has 0 unspecified atom stereocenters. The maximum Gasteiger partial charge on any atom is 0.252 e. The SMILES string of the molecule is CCOCCCNC(=O)c1ccc(N2CCN(C(=O)Cc3c(F)cccc3Cl)CC2)nc1.CN(C)CCCNC(=O)c1ccc(N2CCN(C(=O)CCc3ccc(F)c(F)c3)CC2)nc1. The molecule has 6 rings (SSSR count). The number of halogens is 4. The van der Waals surface area contributed by atoms with Gasteiger partial charge in [0.2, 0.25) is 11.8 Å². The monoisotopic (exact) mass is 921 g/mol. The van der Waals surface area contributed by atoms with E-state index in [9.17, 15) is 32.3 Å². The molecule has 0 bridgehead atoms. The smallest absolute Gasteiger partial charge is 0.252 e. The zero-order valence-electron chi connectivity index (χ0n) is 37.3. The third-order valence-corrected chi connectivity index (χ3v) is 11.3. The second kappa shape index (κ2) is 25.6. The van der Waals surface area contributed by atoms with Crippen molar-refractivity contribution in [2.24, 2.45) is 0 Å². The Bertz CT molecular complexity index is 2150. The van der Waals surface area contributed by atoms with Gasteiger partial charge in [0.1, 0.15) is 17.5 Å². The van der Waals surface area contributed by atoms with Crippen LogP contribution < -0.4 is 20.4 Å². The lowest BCUT2D eigenvalue weighted by atomic mass is 10.1. The van der Waals surface area contributed by atoms with Gasteiger partial charge in [0.05, 0.1) is 17.5 Å². The van der Waals surface area contributed by atoms with Gasteiger partial charge in [-0.05, 0) is 101 Å². The van der Waals surface area contributed by atoms with E-state index in [4.69, 9.17) is 16.3 Å². The fourth-order valence-electron chi connectivity index (χ4n) is 7.18. The van der Waals surface area contributed by atoms with Crippen LogP contribution in [-0.2, 0) is 27.2 Å². The van der Waals surface area contributed by atoms with Crippen molar-refractivity contribution in [3.63, 3.8) is 0 Å². The lowest BCUT2D eigenvalue weighted by Gasteiger charge is -2.35. The molecule has 2 saturated heterocycles. The summed E-state index contributed by atoms with van der Waals surface area (Å²) >= 11 is 6.04. The van der Waals surface area contributed by atoms with Crippen LogP contribution in [-0.4, -0.2) is 148 Å². The van der Waals surface area contributed by atoms with Gasteiger partial charge in [0, 0.05) is 108 Å². The molecule has 2 aliphatic rings. The van der Waals surface area contributed by atoms with Gasteiger partial charge in [-0.2, -0.15) is 0 Å². The van der Waals surface area contributed by atoms with Crippen LogP contribution >= 0.6 is 11.6 Å². The Morgan fingerprint density at radius 1 is 0.708 bits per heavy atom. The molecule has 2 fully saturated rings. The number of aromatic nitrogens is 2. The summed E-state index contributed by atoms with van der Waals surface area (Å²) in [5.41, 5.74) is 1.86. The molecule has 2 aliphatic heterocycles. The molecular formula is C47H59ClF3N9O5. The van der Waals surface area contributed by atoms with E-state index in [1.165, 1.54) is 18.2 Å². The van der Waals surface area contributed by atoms with Gasteiger partial charge < -0.3 is 39.9 Å². The Morgan fingerprint density at radius 2 is 1.28 bits per heavy atom. The molecule has 350 valence electrons. The van der Waals surface area contributed by atoms with Crippen molar-refractivity contribution in [3.05, 3.63) is 118 Å². The largest absolute Gasteiger partial charge is 0.382 e. The van der Waals surface area contributed by atoms with E-state index in [1.807, 2.05) is 33.2 Å². The third-order valence-electron chi connectivity index (χ3n) is 11.0. The van der Waals surface area contributed by atoms with Crippen LogP contribution in [0, 0.1) is 17.5 Å². The molecule has 0 aliphatic carbocycles. The highest BCUT2D eigenvalue weighted by atomic mass is 35.5. The predicted molar refractivity (Wildman–Crippen MR) is 245 cm³/mol. The minimum Gasteiger partial charge on any atom is -0.382 e. The van der Waals surface area contributed by atoms with Crippen molar-refractivity contribution in [1.29, 1.82) is 0 Å². The van der Waals surface area contributed by atoms with Gasteiger partial charge in [-0.1, -0.05) is 23.7 Å². The van der Waals surface area contributed by atoms with Crippen molar-refractivity contribution in [1.82, 2.24) is 35.3 Å². The molecule has 14 nitrogen and oxygen atoms in total. The number of nitrogens with one attached hydrogen (secondary N) is 2. The first kappa shape index (κ1) is 50.2. The first-order valence-electron chi connectivity index (χ1n) is 22.0. The second-order valence-electron chi connectivity index (χ2n) is 15.9. The third kappa shape index (κ3) is 15.7. The lowest BCUT2D eigenvalue weighted by molar-refractivity contribution is -0.132. The van der Waals surface area contributed by atoms with E-state index in [0.717, 1.165) is 43.2 Å². The van der Waals surface area contributed by atoms with E-state index >= 15 is 0 Å². The van der Waals surface area contributed by atoms with Crippen LogP contribution in [0.25, 0.3) is 0 Å². The summed E-state index contributed by atoms with van der Waals surface area (Å²) in [6, 6.07) is 15.3. The number of benzene rings is 2. The van der Waals surface area contributed by atoms with E-state index in [-0.39, 0.29) is 47.1 Å². The zero-order chi connectivity index (χ0) is 46.7. The van der Waals surface area contributed by atoms with Gasteiger partial charge in [0.15, 0.2) is 11.6 Å². The second-order valence-corrected chi connectivity index (χ2v) is 16.3. The van der Waals surface area contributed by atoms with E-state index < -0.39 is 17.5 Å². The van der Waals surface area contributed by atoms with Crippen LogP contribution in [0.5, 0.6) is 0 Å². The number of anilines is 2. The molecule has 2 aromatic heterocycles. The quantitative estimate of drug-likeness (QED) is 0.127. The molecule has 65 heavy (non-hydrogen) atoms. The predicted octanol–water partition coefficient (Wildman–Crippen LogP) is 5.24. The average Bonchev–Trinajstić information content (AvgIpc) is 3.32. The van der Waals surface area contributed by atoms with Crippen LogP contribution in [0.1, 0.15) is 58.0 Å². The Hall–Kier alpha value is -5.78. The molecule has 4 heterocycles. The van der Waals surface area contributed by atoms with Crippen LogP contribution in [0.2, 0.25) is 5.02 Å². The standard InChI is InChI=1S/C24H31F2N5O2.C23H28ClFN4O3/c1-29(2)11-3-10-27-24(33)19-6-8-22(28-17-19)30-12-14-31(15-13-30)23(32)9-5-18-4-7-20(25)21(26)16-18;1-2-32-14-4-9-26-23(31)17-7-8-21(27-16-17)28-10-12-29(13-11-28)22(30)15-18-19(24)5-3-6-20(18)25/h4,6-8,16-17H,3,5,9-15H2,1-2H3,(H,27,33);3,5-8,16H,2,4,9-15H2,1H3,(H,26,31). The molecule has 0 atom stereocenters. The molecule has 2 aromatic carbocycles. The number of carbonyl (C=O) groups excluding carboxylic acids is 4. The van der Waals surface area contributed by atoms with Gasteiger partial charge in [-0.3, -0.25) is 19.2 Å². The number of piperazine rings is 2. The number of rotatable bonds is 18. The number of hydrogen-bond donors (Lipinski definition) is 2. The zero-order valence-corrected chi connectivity index (χ0v) is 38.1. The average molecular weight is 922 g/mol. The highest BCUT2D eigenvalue weighted by Gasteiger charge is 2.25.